The number of carbonyl (C=O) groups excluding carboxylic acids is 1. The van der Waals surface area contributed by atoms with Gasteiger partial charge >= 0.3 is 5.97 Å². The number of fused-ring (bicyclic) bond motifs is 1. The van der Waals surface area contributed by atoms with E-state index in [1.54, 1.807) is 37.3 Å². The molecule has 0 saturated carbocycles. The maximum atomic E-state index is 13.8. The van der Waals surface area contributed by atoms with E-state index in [1.807, 2.05) is 0 Å². The first-order valence-corrected chi connectivity index (χ1v) is 7.97. The third kappa shape index (κ3) is 3.56. The monoisotopic (exact) mass is 356 g/mol. The van der Waals surface area contributed by atoms with Crippen molar-refractivity contribution >= 4 is 16.9 Å². The van der Waals surface area contributed by atoms with Crippen molar-refractivity contribution in [3.63, 3.8) is 0 Å². The van der Waals surface area contributed by atoms with Gasteiger partial charge < -0.3 is 9.47 Å². The predicted octanol–water partition coefficient (Wildman–Crippen LogP) is 2.85. The molecule has 0 N–H and O–H groups in total. The van der Waals surface area contributed by atoms with Crippen molar-refractivity contribution in [1.29, 1.82) is 0 Å². The fourth-order valence-corrected chi connectivity index (χ4v) is 2.65. The van der Waals surface area contributed by atoms with Gasteiger partial charge in [-0.1, -0.05) is 18.2 Å². The second-order valence-corrected chi connectivity index (χ2v) is 5.71. The Morgan fingerprint density at radius 1 is 1.27 bits per heavy atom. The molecule has 7 heteroatoms. The fraction of sp³-hybridized carbons (Fsp3) is 0.211. The standard InChI is InChI=1S/C19H17FN2O4/c1-12(13-7-8-18(25-2)15(20)9-13)26-19(24)11-22-16-6-4-3-5-14(16)17(23)10-21-22/h3-10,12H,11H2,1-2H3. The lowest BCUT2D eigenvalue weighted by Gasteiger charge is -2.15. The summed E-state index contributed by atoms with van der Waals surface area (Å²) in [7, 11) is 1.38. The molecule has 0 fully saturated rings. The number of esters is 1. The van der Waals surface area contributed by atoms with E-state index in [4.69, 9.17) is 9.47 Å². The van der Waals surface area contributed by atoms with Gasteiger partial charge in [0.25, 0.3) is 0 Å². The topological polar surface area (TPSA) is 70.4 Å². The maximum Gasteiger partial charge on any atom is 0.328 e. The van der Waals surface area contributed by atoms with Crippen LogP contribution in [-0.2, 0) is 16.1 Å². The molecular formula is C19H17FN2O4. The number of aromatic nitrogens is 2. The summed E-state index contributed by atoms with van der Waals surface area (Å²) < 4.78 is 25.4. The number of hydrogen-bond donors (Lipinski definition) is 0. The fourth-order valence-electron chi connectivity index (χ4n) is 2.65. The average molecular weight is 356 g/mol. The van der Waals surface area contributed by atoms with Gasteiger partial charge in [-0.15, -0.1) is 0 Å². The minimum Gasteiger partial charge on any atom is -0.494 e. The largest absolute Gasteiger partial charge is 0.494 e. The van der Waals surface area contributed by atoms with Crippen LogP contribution >= 0.6 is 0 Å². The molecule has 2 aromatic carbocycles. The van der Waals surface area contributed by atoms with E-state index in [2.05, 4.69) is 5.10 Å². The first-order chi connectivity index (χ1) is 12.5. The predicted molar refractivity (Wildman–Crippen MR) is 93.5 cm³/mol. The van der Waals surface area contributed by atoms with E-state index in [-0.39, 0.29) is 17.7 Å². The van der Waals surface area contributed by atoms with E-state index in [1.165, 1.54) is 23.9 Å². The molecule has 0 saturated heterocycles. The lowest BCUT2D eigenvalue weighted by atomic mass is 10.1. The van der Waals surface area contributed by atoms with Gasteiger partial charge in [-0.3, -0.25) is 14.3 Å². The molecule has 26 heavy (non-hydrogen) atoms. The summed E-state index contributed by atoms with van der Waals surface area (Å²) in [4.78, 5) is 24.1. The molecule has 0 amide bonds. The zero-order valence-electron chi connectivity index (χ0n) is 14.3. The summed E-state index contributed by atoms with van der Waals surface area (Å²) in [6.07, 6.45) is 0.520. The van der Waals surface area contributed by atoms with Crippen molar-refractivity contribution in [3.8, 4) is 5.75 Å². The molecule has 1 aromatic heterocycles. The van der Waals surface area contributed by atoms with Crippen LogP contribution in [0.25, 0.3) is 10.9 Å². The van der Waals surface area contributed by atoms with Crippen molar-refractivity contribution < 1.29 is 18.7 Å². The number of methoxy groups -OCH3 is 1. The van der Waals surface area contributed by atoms with Crippen LogP contribution in [0.3, 0.4) is 0 Å². The minimum atomic E-state index is -0.645. The smallest absolute Gasteiger partial charge is 0.328 e. The van der Waals surface area contributed by atoms with Crippen LogP contribution in [0.4, 0.5) is 4.39 Å². The lowest BCUT2D eigenvalue weighted by molar-refractivity contribution is -0.149. The normalized spacial score (nSPS) is 12.0. The van der Waals surface area contributed by atoms with E-state index in [0.29, 0.717) is 16.5 Å². The Balaban J connectivity index is 1.76. The third-order valence-corrected chi connectivity index (χ3v) is 3.99. The second-order valence-electron chi connectivity index (χ2n) is 5.71. The Labute approximate surface area is 148 Å². The average Bonchev–Trinajstić information content (AvgIpc) is 2.64. The SMILES string of the molecule is COc1ccc(C(C)OC(=O)Cn2ncc(=O)c3ccccc32)cc1F. The van der Waals surface area contributed by atoms with E-state index < -0.39 is 17.9 Å². The van der Waals surface area contributed by atoms with Crippen LogP contribution in [0.5, 0.6) is 5.75 Å². The van der Waals surface area contributed by atoms with Crippen molar-refractivity contribution in [3.05, 3.63) is 70.3 Å². The second kappa shape index (κ2) is 7.35. The van der Waals surface area contributed by atoms with Gasteiger partial charge in [0.1, 0.15) is 12.6 Å². The summed E-state index contributed by atoms with van der Waals surface area (Å²) in [5, 5.41) is 4.46. The highest BCUT2D eigenvalue weighted by molar-refractivity contribution is 5.79. The van der Waals surface area contributed by atoms with Crippen LogP contribution in [0.2, 0.25) is 0 Å². The first kappa shape index (κ1) is 17.6. The molecule has 6 nitrogen and oxygen atoms in total. The Hall–Kier alpha value is -3.22. The molecule has 1 unspecified atom stereocenters. The van der Waals surface area contributed by atoms with Crippen LogP contribution < -0.4 is 10.2 Å². The third-order valence-electron chi connectivity index (χ3n) is 3.99. The molecular weight excluding hydrogens is 339 g/mol. The molecule has 0 spiro atoms. The van der Waals surface area contributed by atoms with Gasteiger partial charge in [-0.25, -0.2) is 4.39 Å². The molecule has 134 valence electrons. The number of para-hydroxylation sites is 1. The Bertz CT molecular complexity index is 1020. The number of ether oxygens (including phenoxy) is 2. The first-order valence-electron chi connectivity index (χ1n) is 7.97. The van der Waals surface area contributed by atoms with Crippen molar-refractivity contribution in [2.75, 3.05) is 7.11 Å². The summed E-state index contributed by atoms with van der Waals surface area (Å²) >= 11 is 0. The maximum absolute atomic E-state index is 13.8. The van der Waals surface area contributed by atoms with E-state index in [0.717, 1.165) is 6.20 Å². The lowest BCUT2D eigenvalue weighted by Crippen LogP contribution is -2.20. The number of benzene rings is 2. The van der Waals surface area contributed by atoms with Crippen LogP contribution in [0, 0.1) is 5.82 Å². The zero-order valence-corrected chi connectivity index (χ0v) is 14.3. The highest BCUT2D eigenvalue weighted by Crippen LogP contribution is 2.24. The molecule has 1 heterocycles. The molecule has 1 atom stereocenters. The summed E-state index contributed by atoms with van der Waals surface area (Å²) in [6.45, 7) is 1.49. The van der Waals surface area contributed by atoms with Gasteiger partial charge in [-0.2, -0.15) is 5.10 Å². The van der Waals surface area contributed by atoms with Gasteiger partial charge in [0, 0.05) is 5.39 Å². The molecule has 0 bridgehead atoms. The number of halogens is 1. The highest BCUT2D eigenvalue weighted by atomic mass is 19.1. The van der Waals surface area contributed by atoms with Gasteiger partial charge in [0.05, 0.1) is 18.8 Å². The Kier molecular flexibility index (Phi) is 4.97. The Morgan fingerprint density at radius 2 is 2.04 bits per heavy atom. The number of nitrogens with zero attached hydrogens (tertiary/aromatic N) is 2. The highest BCUT2D eigenvalue weighted by Gasteiger charge is 2.15. The molecule has 3 rings (SSSR count). The molecule has 0 aliphatic rings. The molecule has 0 radical (unpaired) electrons. The number of hydrogen-bond acceptors (Lipinski definition) is 5. The van der Waals surface area contributed by atoms with E-state index in [9.17, 15) is 14.0 Å². The van der Waals surface area contributed by atoms with Crippen LogP contribution in [0.1, 0.15) is 18.6 Å². The van der Waals surface area contributed by atoms with Gasteiger partial charge in [0.15, 0.2) is 11.6 Å². The van der Waals surface area contributed by atoms with Crippen molar-refractivity contribution in [1.82, 2.24) is 9.78 Å². The summed E-state index contributed by atoms with van der Waals surface area (Å²) in [6, 6.07) is 11.3. The molecule has 3 aromatic rings. The van der Waals surface area contributed by atoms with E-state index >= 15 is 0 Å². The van der Waals surface area contributed by atoms with Crippen LogP contribution in [-0.4, -0.2) is 22.9 Å². The minimum absolute atomic E-state index is 0.121. The summed E-state index contributed by atoms with van der Waals surface area (Å²) in [5.74, 6) is -0.952. The zero-order chi connectivity index (χ0) is 18.7. The summed E-state index contributed by atoms with van der Waals surface area (Å²) in [5.41, 5.74) is 0.835. The Morgan fingerprint density at radius 3 is 2.77 bits per heavy atom. The van der Waals surface area contributed by atoms with Crippen molar-refractivity contribution in [2.45, 2.75) is 19.6 Å². The van der Waals surface area contributed by atoms with Crippen molar-refractivity contribution in [2.24, 2.45) is 0 Å². The number of carbonyl (C=O) groups is 1. The molecule has 0 aliphatic heterocycles. The van der Waals surface area contributed by atoms with Crippen LogP contribution in [0.15, 0.2) is 53.5 Å². The van der Waals surface area contributed by atoms with Gasteiger partial charge in [0.2, 0.25) is 5.43 Å². The molecule has 0 aliphatic carbocycles. The van der Waals surface area contributed by atoms with Gasteiger partial charge in [-0.05, 0) is 36.8 Å². The quantitative estimate of drug-likeness (QED) is 0.658. The number of rotatable bonds is 5.